The van der Waals surface area contributed by atoms with Gasteiger partial charge in [-0.25, -0.2) is 4.98 Å². The van der Waals surface area contributed by atoms with Crippen LogP contribution in [0.5, 0.6) is 0 Å². The lowest BCUT2D eigenvalue weighted by Crippen LogP contribution is -1.88. The Kier molecular flexibility index (Phi) is 2.94. The van der Waals surface area contributed by atoms with Crippen LogP contribution in [0.4, 0.5) is 0 Å². The van der Waals surface area contributed by atoms with Gasteiger partial charge in [0.15, 0.2) is 0 Å². The lowest BCUT2D eigenvalue weighted by atomic mass is 10.1. The summed E-state index contributed by atoms with van der Waals surface area (Å²) in [7, 11) is 0. The van der Waals surface area contributed by atoms with E-state index in [4.69, 9.17) is 0 Å². The summed E-state index contributed by atoms with van der Waals surface area (Å²) in [6, 6.07) is 4.21. The number of aromatic nitrogens is 1. The fourth-order valence-electron chi connectivity index (χ4n) is 0.854. The summed E-state index contributed by atoms with van der Waals surface area (Å²) in [6.45, 7) is 4.35. The van der Waals surface area contributed by atoms with E-state index in [1.807, 2.05) is 12.5 Å². The van der Waals surface area contributed by atoms with Gasteiger partial charge in [-0.05, 0) is 23.8 Å². The number of nitrogens with zero attached hydrogens (tertiary/aromatic N) is 1. The third-order valence-corrected chi connectivity index (χ3v) is 2.29. The third kappa shape index (κ3) is 2.22. The first-order valence-electron chi connectivity index (χ1n) is 3.74. The molecule has 1 rings (SSSR count). The van der Waals surface area contributed by atoms with Gasteiger partial charge in [0.25, 0.3) is 0 Å². The summed E-state index contributed by atoms with van der Waals surface area (Å²) in [5, 5.41) is 1.09. The van der Waals surface area contributed by atoms with E-state index >= 15 is 0 Å². The Labute approximate surface area is 72.2 Å². The minimum absolute atomic E-state index is 0.582. The molecule has 11 heavy (non-hydrogen) atoms. The van der Waals surface area contributed by atoms with Crippen LogP contribution in [0.2, 0.25) is 0 Å². The second-order valence-corrected chi connectivity index (χ2v) is 3.62. The Morgan fingerprint density at radius 3 is 2.45 bits per heavy atom. The molecule has 0 aliphatic carbocycles. The van der Waals surface area contributed by atoms with Gasteiger partial charge in [0.2, 0.25) is 0 Å². The lowest BCUT2D eigenvalue weighted by Gasteiger charge is -2.03. The van der Waals surface area contributed by atoms with E-state index in [1.54, 1.807) is 11.8 Å². The molecule has 0 saturated heterocycles. The number of hydrogen-bond acceptors (Lipinski definition) is 2. The minimum atomic E-state index is 0.582. The molecule has 0 unspecified atom stereocenters. The van der Waals surface area contributed by atoms with E-state index in [-0.39, 0.29) is 0 Å². The first kappa shape index (κ1) is 8.60. The summed E-state index contributed by atoms with van der Waals surface area (Å²) in [5.41, 5.74) is 1.31. The second kappa shape index (κ2) is 3.77. The standard InChI is InChI=1S/C9H13NS/c1-7(2)8-4-5-9(11-3)10-6-8/h4-7H,1-3H3. The van der Waals surface area contributed by atoms with Crippen LogP contribution in [0.25, 0.3) is 0 Å². The van der Waals surface area contributed by atoms with Crippen molar-refractivity contribution in [2.24, 2.45) is 0 Å². The molecule has 0 bridgehead atoms. The Morgan fingerprint density at radius 1 is 1.36 bits per heavy atom. The van der Waals surface area contributed by atoms with Gasteiger partial charge in [-0.15, -0.1) is 11.8 Å². The minimum Gasteiger partial charge on any atom is -0.250 e. The molecule has 0 aromatic carbocycles. The van der Waals surface area contributed by atoms with Gasteiger partial charge in [0, 0.05) is 6.20 Å². The van der Waals surface area contributed by atoms with Gasteiger partial charge in [0.05, 0.1) is 5.03 Å². The molecule has 0 radical (unpaired) electrons. The number of hydrogen-bond donors (Lipinski definition) is 0. The Hall–Kier alpha value is -0.500. The number of rotatable bonds is 2. The molecule has 0 aliphatic heterocycles. The highest BCUT2D eigenvalue weighted by atomic mass is 32.2. The number of pyridine rings is 1. The average molecular weight is 167 g/mol. The second-order valence-electron chi connectivity index (χ2n) is 2.79. The van der Waals surface area contributed by atoms with E-state index in [0.717, 1.165) is 5.03 Å². The van der Waals surface area contributed by atoms with Crippen LogP contribution in [0, 0.1) is 0 Å². The van der Waals surface area contributed by atoms with E-state index in [0.29, 0.717) is 5.92 Å². The Balaban J connectivity index is 2.83. The van der Waals surface area contributed by atoms with Gasteiger partial charge in [-0.1, -0.05) is 19.9 Å². The first-order valence-corrected chi connectivity index (χ1v) is 4.96. The zero-order chi connectivity index (χ0) is 8.27. The Morgan fingerprint density at radius 2 is 2.09 bits per heavy atom. The van der Waals surface area contributed by atoms with Crippen molar-refractivity contribution in [2.75, 3.05) is 6.26 Å². The van der Waals surface area contributed by atoms with Crippen molar-refractivity contribution in [3.05, 3.63) is 23.9 Å². The van der Waals surface area contributed by atoms with Gasteiger partial charge < -0.3 is 0 Å². The molecule has 1 heterocycles. The molecule has 0 amide bonds. The topological polar surface area (TPSA) is 12.9 Å². The smallest absolute Gasteiger partial charge is 0.0957 e. The largest absolute Gasteiger partial charge is 0.250 e. The van der Waals surface area contributed by atoms with Crippen LogP contribution >= 0.6 is 11.8 Å². The average Bonchev–Trinajstić information content (AvgIpc) is 2.05. The predicted molar refractivity (Wildman–Crippen MR) is 50.1 cm³/mol. The Bertz CT molecular complexity index is 216. The highest BCUT2D eigenvalue weighted by molar-refractivity contribution is 7.98. The molecular weight excluding hydrogens is 154 g/mol. The fourth-order valence-corrected chi connectivity index (χ4v) is 1.22. The molecular formula is C9H13NS. The molecule has 1 aromatic rings. The summed E-state index contributed by atoms with van der Waals surface area (Å²) < 4.78 is 0. The van der Waals surface area contributed by atoms with Crippen molar-refractivity contribution in [1.82, 2.24) is 4.98 Å². The van der Waals surface area contributed by atoms with Gasteiger partial charge in [-0.2, -0.15) is 0 Å². The highest BCUT2D eigenvalue weighted by Crippen LogP contribution is 2.16. The molecule has 60 valence electrons. The normalized spacial score (nSPS) is 10.5. The van der Waals surface area contributed by atoms with Crippen molar-refractivity contribution in [2.45, 2.75) is 24.8 Å². The van der Waals surface area contributed by atoms with Crippen molar-refractivity contribution in [1.29, 1.82) is 0 Å². The van der Waals surface area contributed by atoms with E-state index < -0.39 is 0 Å². The van der Waals surface area contributed by atoms with Gasteiger partial charge >= 0.3 is 0 Å². The monoisotopic (exact) mass is 167 g/mol. The molecule has 0 spiro atoms. The van der Waals surface area contributed by atoms with Crippen molar-refractivity contribution < 1.29 is 0 Å². The quantitative estimate of drug-likeness (QED) is 0.628. The molecule has 1 aromatic heterocycles. The number of thioether (sulfide) groups is 1. The van der Waals surface area contributed by atoms with Crippen LogP contribution in [0.3, 0.4) is 0 Å². The summed E-state index contributed by atoms with van der Waals surface area (Å²) >= 11 is 1.68. The molecule has 1 nitrogen and oxygen atoms in total. The molecule has 0 atom stereocenters. The van der Waals surface area contributed by atoms with Crippen molar-refractivity contribution in [3.8, 4) is 0 Å². The van der Waals surface area contributed by atoms with Crippen LogP contribution in [-0.2, 0) is 0 Å². The first-order chi connectivity index (χ1) is 5.24. The zero-order valence-electron chi connectivity index (χ0n) is 7.16. The maximum absolute atomic E-state index is 4.28. The summed E-state index contributed by atoms with van der Waals surface area (Å²) in [4.78, 5) is 4.28. The van der Waals surface area contributed by atoms with Crippen LogP contribution in [0.15, 0.2) is 23.4 Å². The maximum atomic E-state index is 4.28. The fraction of sp³-hybridized carbons (Fsp3) is 0.444. The molecule has 0 N–H and O–H groups in total. The van der Waals surface area contributed by atoms with Crippen LogP contribution < -0.4 is 0 Å². The lowest BCUT2D eigenvalue weighted by molar-refractivity contribution is 0.850. The third-order valence-electron chi connectivity index (χ3n) is 1.64. The SMILES string of the molecule is CSc1ccc(C(C)C)cn1. The summed E-state index contributed by atoms with van der Waals surface area (Å²) in [6.07, 6.45) is 3.99. The maximum Gasteiger partial charge on any atom is 0.0957 e. The van der Waals surface area contributed by atoms with Gasteiger partial charge in [-0.3, -0.25) is 0 Å². The summed E-state index contributed by atoms with van der Waals surface area (Å²) in [5.74, 6) is 0.582. The van der Waals surface area contributed by atoms with Gasteiger partial charge in [0.1, 0.15) is 0 Å². The van der Waals surface area contributed by atoms with Crippen LogP contribution in [-0.4, -0.2) is 11.2 Å². The van der Waals surface area contributed by atoms with E-state index in [1.165, 1.54) is 5.56 Å². The van der Waals surface area contributed by atoms with E-state index in [9.17, 15) is 0 Å². The predicted octanol–water partition coefficient (Wildman–Crippen LogP) is 2.93. The molecule has 0 aliphatic rings. The van der Waals surface area contributed by atoms with Crippen molar-refractivity contribution in [3.63, 3.8) is 0 Å². The zero-order valence-corrected chi connectivity index (χ0v) is 7.98. The molecule has 2 heteroatoms. The van der Waals surface area contributed by atoms with Crippen molar-refractivity contribution >= 4 is 11.8 Å². The molecule has 0 fully saturated rings. The molecule has 0 saturated carbocycles. The van der Waals surface area contributed by atoms with Crippen LogP contribution in [0.1, 0.15) is 25.3 Å². The highest BCUT2D eigenvalue weighted by Gasteiger charge is 1.98. The van der Waals surface area contributed by atoms with E-state index in [2.05, 4.69) is 31.0 Å².